The highest BCUT2D eigenvalue weighted by Gasteiger charge is 2.22. The molecule has 15 heavy (non-hydrogen) atoms. The third kappa shape index (κ3) is 1.43. The Morgan fingerprint density at radius 3 is 2.87 bits per heavy atom. The van der Waals surface area contributed by atoms with Crippen LogP contribution < -0.4 is 5.32 Å². The summed E-state index contributed by atoms with van der Waals surface area (Å²) >= 11 is 0. The number of hydrogen-bond donors (Lipinski definition) is 1. The Labute approximate surface area is 88.0 Å². The molecule has 0 unspecified atom stereocenters. The Bertz CT molecular complexity index is 445. The molecule has 0 radical (unpaired) electrons. The Hall–Kier alpha value is -1.68. The molecule has 76 valence electrons. The molecule has 0 aromatic carbocycles. The van der Waals surface area contributed by atoms with Crippen LogP contribution >= 0.6 is 0 Å². The van der Waals surface area contributed by atoms with Crippen molar-refractivity contribution in [1.29, 1.82) is 0 Å². The van der Waals surface area contributed by atoms with E-state index in [1.54, 1.807) is 6.20 Å². The lowest BCUT2D eigenvalue weighted by Crippen LogP contribution is -2.40. The van der Waals surface area contributed by atoms with E-state index in [4.69, 9.17) is 0 Å². The fraction of sp³-hybridized carbons (Fsp3) is 0.273. The van der Waals surface area contributed by atoms with E-state index in [9.17, 15) is 0 Å². The third-order valence-corrected chi connectivity index (χ3v) is 2.79. The largest absolute Gasteiger partial charge is 0.315 e. The van der Waals surface area contributed by atoms with Crippen molar-refractivity contribution < 1.29 is 0 Å². The van der Waals surface area contributed by atoms with Crippen LogP contribution in [0.5, 0.6) is 0 Å². The second-order valence-electron chi connectivity index (χ2n) is 3.75. The first kappa shape index (κ1) is 8.61. The van der Waals surface area contributed by atoms with E-state index in [1.165, 1.54) is 5.69 Å². The highest BCUT2D eigenvalue weighted by molar-refractivity contribution is 5.32. The van der Waals surface area contributed by atoms with Gasteiger partial charge in [0.1, 0.15) is 0 Å². The number of nitrogens with one attached hydrogen (secondary N) is 1. The fourth-order valence-corrected chi connectivity index (χ4v) is 1.82. The molecular formula is C11H12N4. The average Bonchev–Trinajstić information content (AvgIpc) is 2.65. The molecule has 0 aliphatic carbocycles. The third-order valence-electron chi connectivity index (χ3n) is 2.79. The van der Waals surface area contributed by atoms with Crippen LogP contribution in [0.4, 0.5) is 0 Å². The lowest BCUT2D eigenvalue weighted by atomic mass is 10.00. The van der Waals surface area contributed by atoms with Crippen molar-refractivity contribution in [3.63, 3.8) is 0 Å². The molecule has 2 aromatic rings. The molecule has 4 nitrogen and oxygen atoms in total. The number of hydrogen-bond acceptors (Lipinski definition) is 3. The number of imidazole rings is 1. The van der Waals surface area contributed by atoms with Crippen LogP contribution in [0.2, 0.25) is 0 Å². The van der Waals surface area contributed by atoms with E-state index >= 15 is 0 Å². The molecule has 1 aliphatic rings. The summed E-state index contributed by atoms with van der Waals surface area (Å²) in [4.78, 5) is 8.33. The zero-order chi connectivity index (χ0) is 10.1. The molecule has 4 heteroatoms. The molecule has 1 fully saturated rings. The van der Waals surface area contributed by atoms with Crippen LogP contribution in [0, 0.1) is 0 Å². The van der Waals surface area contributed by atoms with Crippen LogP contribution in [0.25, 0.3) is 5.69 Å². The molecule has 3 heterocycles. The van der Waals surface area contributed by atoms with Gasteiger partial charge in [0.2, 0.25) is 0 Å². The minimum atomic E-state index is 0.590. The second kappa shape index (κ2) is 3.47. The Balaban J connectivity index is 2.01. The summed E-state index contributed by atoms with van der Waals surface area (Å²) in [7, 11) is 0. The minimum Gasteiger partial charge on any atom is -0.315 e. The number of rotatable bonds is 2. The molecule has 1 saturated heterocycles. The van der Waals surface area contributed by atoms with E-state index in [2.05, 4.69) is 19.9 Å². The first-order valence-electron chi connectivity index (χ1n) is 5.08. The topological polar surface area (TPSA) is 42.7 Å². The summed E-state index contributed by atoms with van der Waals surface area (Å²) in [6.07, 6.45) is 7.44. The van der Waals surface area contributed by atoms with E-state index in [0.29, 0.717) is 5.92 Å². The van der Waals surface area contributed by atoms with Gasteiger partial charge in [0.15, 0.2) is 0 Å². The average molecular weight is 200 g/mol. The summed E-state index contributed by atoms with van der Waals surface area (Å²) in [5, 5.41) is 3.27. The maximum Gasteiger partial charge on any atom is 0.0994 e. The molecule has 0 bridgehead atoms. The zero-order valence-corrected chi connectivity index (χ0v) is 8.30. The van der Waals surface area contributed by atoms with Gasteiger partial charge < -0.3 is 9.88 Å². The maximum absolute atomic E-state index is 4.21. The Morgan fingerprint density at radius 2 is 2.20 bits per heavy atom. The lowest BCUT2D eigenvalue weighted by molar-refractivity contribution is 0.435. The zero-order valence-electron chi connectivity index (χ0n) is 8.30. The molecule has 2 aromatic heterocycles. The quantitative estimate of drug-likeness (QED) is 0.785. The van der Waals surface area contributed by atoms with E-state index in [1.807, 2.05) is 30.9 Å². The van der Waals surface area contributed by atoms with Crippen LogP contribution in [-0.2, 0) is 0 Å². The highest BCUT2D eigenvalue weighted by atomic mass is 15.1. The monoisotopic (exact) mass is 200 g/mol. The van der Waals surface area contributed by atoms with Gasteiger partial charge in [0, 0.05) is 37.1 Å². The van der Waals surface area contributed by atoms with E-state index < -0.39 is 0 Å². The molecule has 0 atom stereocenters. The predicted molar refractivity (Wildman–Crippen MR) is 57.0 cm³/mol. The molecule has 0 saturated carbocycles. The van der Waals surface area contributed by atoms with Crippen LogP contribution in [0.1, 0.15) is 11.6 Å². The van der Waals surface area contributed by atoms with Gasteiger partial charge in [-0.1, -0.05) is 0 Å². The van der Waals surface area contributed by atoms with Gasteiger partial charge in [-0.15, -0.1) is 0 Å². The van der Waals surface area contributed by atoms with Crippen molar-refractivity contribution in [3.8, 4) is 5.69 Å². The number of aromatic nitrogens is 3. The van der Waals surface area contributed by atoms with Crippen molar-refractivity contribution in [1.82, 2.24) is 19.9 Å². The molecule has 0 amide bonds. The molecule has 1 N–H and O–H groups in total. The van der Waals surface area contributed by atoms with Gasteiger partial charge in [0.25, 0.3) is 0 Å². The van der Waals surface area contributed by atoms with Crippen LogP contribution in [0.15, 0.2) is 37.1 Å². The lowest BCUT2D eigenvalue weighted by Gasteiger charge is -2.27. The highest BCUT2D eigenvalue weighted by Crippen LogP contribution is 2.21. The van der Waals surface area contributed by atoms with Gasteiger partial charge in [-0.3, -0.25) is 4.98 Å². The van der Waals surface area contributed by atoms with Gasteiger partial charge >= 0.3 is 0 Å². The first-order chi connectivity index (χ1) is 7.45. The summed E-state index contributed by atoms with van der Waals surface area (Å²) in [6, 6.07) is 3.99. The van der Waals surface area contributed by atoms with E-state index in [-0.39, 0.29) is 0 Å². The summed E-state index contributed by atoms with van der Waals surface area (Å²) in [6.45, 7) is 2.10. The Morgan fingerprint density at radius 1 is 1.27 bits per heavy atom. The van der Waals surface area contributed by atoms with Crippen LogP contribution in [0.3, 0.4) is 0 Å². The SMILES string of the molecule is c1cncc(-n2cncc2C2CNC2)c1. The first-order valence-corrected chi connectivity index (χ1v) is 5.08. The Kier molecular flexibility index (Phi) is 1.99. The summed E-state index contributed by atoms with van der Waals surface area (Å²) in [5.41, 5.74) is 2.35. The predicted octanol–water partition coefficient (Wildman–Crippen LogP) is 0.954. The van der Waals surface area contributed by atoms with Crippen LogP contribution in [-0.4, -0.2) is 27.6 Å². The van der Waals surface area contributed by atoms with Crippen molar-refractivity contribution in [2.45, 2.75) is 5.92 Å². The molecule has 0 spiro atoms. The normalized spacial score (nSPS) is 16.3. The smallest absolute Gasteiger partial charge is 0.0994 e. The minimum absolute atomic E-state index is 0.590. The maximum atomic E-state index is 4.21. The van der Waals surface area contributed by atoms with Crippen molar-refractivity contribution in [2.24, 2.45) is 0 Å². The van der Waals surface area contributed by atoms with Gasteiger partial charge in [0.05, 0.1) is 18.2 Å². The van der Waals surface area contributed by atoms with Crippen molar-refractivity contribution >= 4 is 0 Å². The molecule has 1 aliphatic heterocycles. The van der Waals surface area contributed by atoms with Crippen molar-refractivity contribution in [2.75, 3.05) is 13.1 Å². The second-order valence-corrected chi connectivity index (χ2v) is 3.75. The summed E-state index contributed by atoms with van der Waals surface area (Å²) in [5.74, 6) is 0.590. The molecular weight excluding hydrogens is 188 g/mol. The van der Waals surface area contributed by atoms with E-state index in [0.717, 1.165) is 18.8 Å². The molecule has 3 rings (SSSR count). The van der Waals surface area contributed by atoms with Gasteiger partial charge in [-0.25, -0.2) is 4.98 Å². The standard InChI is InChI=1S/C11H12N4/c1-2-10(6-12-3-1)15-8-14-7-11(15)9-4-13-5-9/h1-3,6-9,13H,4-5H2. The fourth-order valence-electron chi connectivity index (χ4n) is 1.82. The van der Waals surface area contributed by atoms with Gasteiger partial charge in [-0.2, -0.15) is 0 Å². The van der Waals surface area contributed by atoms with Gasteiger partial charge in [-0.05, 0) is 12.1 Å². The number of nitrogens with zero attached hydrogens (tertiary/aromatic N) is 3. The number of pyridine rings is 1. The van der Waals surface area contributed by atoms with Crippen molar-refractivity contribution in [3.05, 3.63) is 42.7 Å². The summed E-state index contributed by atoms with van der Waals surface area (Å²) < 4.78 is 2.11.